The topological polar surface area (TPSA) is 36.9 Å². The van der Waals surface area contributed by atoms with Gasteiger partial charge in [-0.1, -0.05) is 0 Å². The number of hydrogen-bond donors (Lipinski definition) is 0. The van der Waals surface area contributed by atoms with E-state index in [2.05, 4.69) is 0 Å². The van der Waals surface area contributed by atoms with E-state index in [1.54, 1.807) is 13.1 Å². The van der Waals surface area contributed by atoms with Gasteiger partial charge in [0.25, 0.3) is 0 Å². The molecule has 4 nitrogen and oxygen atoms in total. The quantitative estimate of drug-likeness (QED) is 0.503. The summed E-state index contributed by atoms with van der Waals surface area (Å²) in [7, 11) is -10.1. The molecule has 10 heteroatoms. The summed E-state index contributed by atoms with van der Waals surface area (Å²) in [6.45, 7) is 11.2. The van der Waals surface area contributed by atoms with Crippen molar-refractivity contribution in [3.8, 4) is 0 Å². The van der Waals surface area contributed by atoms with Crippen molar-refractivity contribution in [1.29, 1.82) is 0 Å². The Balaban J connectivity index is 2.98. The molecule has 1 aliphatic heterocycles. The van der Waals surface area contributed by atoms with Crippen LogP contribution in [-0.2, 0) is 16.5 Å². The molecule has 1 rings (SSSR count). The third kappa shape index (κ3) is 4.88. The maximum atomic E-state index is 6.29. The van der Waals surface area contributed by atoms with Gasteiger partial charge in [-0.15, -0.1) is 22.2 Å². The van der Waals surface area contributed by atoms with Gasteiger partial charge in [0.2, 0.25) is 0 Å². The first-order valence-corrected chi connectivity index (χ1v) is 17.3. The van der Waals surface area contributed by atoms with E-state index < -0.39 is 32.9 Å². The standard InChI is InChI=1S/C6H18Cl2O4Si4/c1-13(2)9-15(5,7)11-14(3,4)12-16(6,8)10-13/h1-6H3. The molecule has 0 spiro atoms. The lowest BCUT2D eigenvalue weighted by molar-refractivity contribution is 0.254. The van der Waals surface area contributed by atoms with Crippen LogP contribution in [0.3, 0.4) is 0 Å². The summed E-state index contributed by atoms with van der Waals surface area (Å²) >= 11 is 12.6. The van der Waals surface area contributed by atoms with Crippen LogP contribution in [0.15, 0.2) is 0 Å². The molecule has 1 fully saturated rings. The summed E-state index contributed by atoms with van der Waals surface area (Å²) in [5, 5.41) is 0. The van der Waals surface area contributed by atoms with E-state index >= 15 is 0 Å². The third-order valence-electron chi connectivity index (χ3n) is 1.71. The predicted octanol–water partition coefficient (Wildman–Crippen LogP) is 3.09. The highest BCUT2D eigenvalue weighted by atomic mass is 35.6. The van der Waals surface area contributed by atoms with Crippen molar-refractivity contribution < 1.29 is 16.5 Å². The van der Waals surface area contributed by atoms with Crippen LogP contribution in [0.25, 0.3) is 0 Å². The van der Waals surface area contributed by atoms with Crippen LogP contribution in [0.1, 0.15) is 0 Å². The number of hydrogen-bond acceptors (Lipinski definition) is 4. The van der Waals surface area contributed by atoms with E-state index in [0.29, 0.717) is 0 Å². The average Bonchev–Trinajstić information content (AvgIpc) is 1.67. The summed E-state index contributed by atoms with van der Waals surface area (Å²) in [4.78, 5) is 0. The van der Waals surface area contributed by atoms with Gasteiger partial charge in [-0.25, -0.2) is 0 Å². The first-order chi connectivity index (χ1) is 6.83. The molecular weight excluding hydrogens is 319 g/mol. The van der Waals surface area contributed by atoms with Gasteiger partial charge < -0.3 is 16.5 Å². The molecule has 0 saturated carbocycles. The molecule has 1 saturated heterocycles. The third-order valence-corrected chi connectivity index (χ3v) is 18.2. The Morgan fingerprint density at radius 2 is 0.750 bits per heavy atom. The van der Waals surface area contributed by atoms with Gasteiger partial charge in [0, 0.05) is 0 Å². The van der Waals surface area contributed by atoms with Crippen LogP contribution in [0.4, 0.5) is 0 Å². The van der Waals surface area contributed by atoms with E-state index in [4.69, 9.17) is 38.6 Å². The molecule has 0 aromatic rings. The van der Waals surface area contributed by atoms with Crippen molar-refractivity contribution in [2.45, 2.75) is 39.3 Å². The van der Waals surface area contributed by atoms with Crippen molar-refractivity contribution in [3.63, 3.8) is 0 Å². The monoisotopic (exact) mass is 336 g/mol. The smallest absolute Gasteiger partial charge is 0.404 e. The Kier molecular flexibility index (Phi) is 4.26. The SMILES string of the molecule is C[Si]1(C)O[Si](C)(Cl)O[Si](C)(C)O[Si](C)(Cl)O1. The van der Waals surface area contributed by atoms with Crippen molar-refractivity contribution in [1.82, 2.24) is 0 Å². The molecule has 0 aromatic carbocycles. The van der Waals surface area contributed by atoms with Crippen molar-refractivity contribution in [2.75, 3.05) is 0 Å². The predicted molar refractivity (Wildman–Crippen MR) is 74.2 cm³/mol. The van der Waals surface area contributed by atoms with Crippen LogP contribution in [0.5, 0.6) is 0 Å². The Bertz CT molecular complexity index is 212. The molecule has 0 atom stereocenters. The van der Waals surface area contributed by atoms with Crippen molar-refractivity contribution >= 4 is 55.0 Å². The van der Waals surface area contributed by atoms with E-state index in [-0.39, 0.29) is 0 Å². The maximum absolute atomic E-state index is 6.29. The Morgan fingerprint density at radius 1 is 0.562 bits per heavy atom. The van der Waals surface area contributed by atoms with Gasteiger partial charge >= 0.3 is 32.9 Å². The second kappa shape index (κ2) is 4.44. The molecule has 0 amide bonds. The molecule has 0 aliphatic carbocycles. The Morgan fingerprint density at radius 3 is 0.938 bits per heavy atom. The summed E-state index contributed by atoms with van der Waals surface area (Å²) in [5.41, 5.74) is 0. The van der Waals surface area contributed by atoms with Crippen LogP contribution in [-0.4, -0.2) is 32.9 Å². The zero-order valence-corrected chi connectivity index (χ0v) is 15.9. The molecule has 1 aliphatic rings. The van der Waals surface area contributed by atoms with Gasteiger partial charge in [-0.2, -0.15) is 0 Å². The van der Waals surface area contributed by atoms with E-state index in [1.807, 2.05) is 26.2 Å². The van der Waals surface area contributed by atoms with Crippen LogP contribution < -0.4 is 0 Å². The van der Waals surface area contributed by atoms with E-state index in [9.17, 15) is 0 Å². The highest BCUT2D eigenvalue weighted by molar-refractivity contribution is 7.21. The van der Waals surface area contributed by atoms with E-state index in [0.717, 1.165) is 0 Å². The number of halogens is 2. The highest BCUT2D eigenvalue weighted by Gasteiger charge is 2.53. The second-order valence-corrected chi connectivity index (χ2v) is 21.2. The first-order valence-electron chi connectivity index (χ1n) is 5.01. The fourth-order valence-corrected chi connectivity index (χ4v) is 24.7. The highest BCUT2D eigenvalue weighted by Crippen LogP contribution is 2.33. The summed E-state index contributed by atoms with van der Waals surface area (Å²) < 4.78 is 23.4. The lowest BCUT2D eigenvalue weighted by Crippen LogP contribution is -2.62. The molecular formula is C6H18Cl2O4Si4. The lowest BCUT2D eigenvalue weighted by Gasteiger charge is -2.43. The van der Waals surface area contributed by atoms with E-state index in [1.165, 1.54) is 0 Å². The average molecular weight is 337 g/mol. The van der Waals surface area contributed by atoms with Gasteiger partial charge in [-0.3, -0.25) is 0 Å². The van der Waals surface area contributed by atoms with Crippen LogP contribution >= 0.6 is 22.2 Å². The fraction of sp³-hybridized carbons (Fsp3) is 1.00. The molecule has 1 heterocycles. The lowest BCUT2D eigenvalue weighted by atomic mass is 11.9. The minimum absolute atomic E-state index is 1.79. The molecule has 16 heavy (non-hydrogen) atoms. The second-order valence-electron chi connectivity index (χ2n) is 4.88. The Hall–Kier alpha value is 1.29. The number of rotatable bonds is 0. The summed E-state index contributed by atoms with van der Waals surface area (Å²) in [5.74, 6) is 0. The normalized spacial score (nSPS) is 43.5. The molecule has 0 bridgehead atoms. The largest absolute Gasteiger partial charge is 0.422 e. The first kappa shape index (κ1) is 15.3. The minimum Gasteiger partial charge on any atom is -0.404 e. The van der Waals surface area contributed by atoms with Crippen molar-refractivity contribution in [3.05, 3.63) is 0 Å². The molecule has 0 unspecified atom stereocenters. The molecule has 96 valence electrons. The zero-order chi connectivity index (χ0) is 12.8. The molecule has 0 radical (unpaired) electrons. The van der Waals surface area contributed by atoms with Crippen molar-refractivity contribution in [2.24, 2.45) is 0 Å². The zero-order valence-electron chi connectivity index (χ0n) is 10.4. The maximum Gasteiger partial charge on any atom is 0.422 e. The van der Waals surface area contributed by atoms with Crippen LogP contribution in [0.2, 0.25) is 39.3 Å². The van der Waals surface area contributed by atoms with Gasteiger partial charge in [-0.05, 0) is 39.3 Å². The van der Waals surface area contributed by atoms with Gasteiger partial charge in [0.05, 0.1) is 0 Å². The molecule has 0 N–H and O–H groups in total. The summed E-state index contributed by atoms with van der Waals surface area (Å²) in [6, 6.07) is 0. The Labute approximate surface area is 111 Å². The fourth-order valence-electron chi connectivity index (χ4n) is 1.84. The van der Waals surface area contributed by atoms with Gasteiger partial charge in [0.1, 0.15) is 0 Å². The van der Waals surface area contributed by atoms with Crippen LogP contribution in [0, 0.1) is 0 Å². The minimum atomic E-state index is -2.70. The summed E-state index contributed by atoms with van der Waals surface area (Å²) in [6.07, 6.45) is 0. The molecule has 0 aromatic heterocycles. The van der Waals surface area contributed by atoms with Gasteiger partial charge in [0.15, 0.2) is 0 Å².